The van der Waals surface area contributed by atoms with E-state index in [1.807, 2.05) is 6.92 Å². The smallest absolute Gasteiger partial charge is 0.0923 e. The number of aromatic nitrogens is 2. The summed E-state index contributed by atoms with van der Waals surface area (Å²) in [7, 11) is 0. The van der Waals surface area contributed by atoms with Crippen LogP contribution < -0.4 is 5.73 Å². The molecule has 0 bridgehead atoms. The van der Waals surface area contributed by atoms with Gasteiger partial charge in [-0.15, -0.1) is 0 Å². The van der Waals surface area contributed by atoms with Gasteiger partial charge in [-0.3, -0.25) is 5.10 Å². The molecular formula is C16H23N3. The lowest BCUT2D eigenvalue weighted by molar-refractivity contribution is 0.590. The zero-order valence-corrected chi connectivity index (χ0v) is 12.2. The zero-order valence-electron chi connectivity index (χ0n) is 12.2. The number of H-pyrrole nitrogens is 1. The van der Waals surface area contributed by atoms with Crippen LogP contribution in [0.3, 0.4) is 0 Å². The minimum Gasteiger partial charge on any atom is -0.328 e. The zero-order chi connectivity index (χ0) is 14.0. The van der Waals surface area contributed by atoms with E-state index in [1.54, 1.807) is 0 Å². The first-order chi connectivity index (χ1) is 8.86. The van der Waals surface area contributed by atoms with Crippen LogP contribution in [0.15, 0.2) is 30.3 Å². The van der Waals surface area contributed by atoms with Crippen molar-refractivity contribution in [1.29, 1.82) is 0 Å². The molecule has 0 spiro atoms. The molecule has 3 nitrogen and oxygen atoms in total. The van der Waals surface area contributed by atoms with Gasteiger partial charge >= 0.3 is 0 Å². The van der Waals surface area contributed by atoms with Crippen molar-refractivity contribution in [2.24, 2.45) is 5.73 Å². The number of benzene rings is 1. The molecule has 0 aliphatic rings. The molecule has 0 aliphatic carbocycles. The van der Waals surface area contributed by atoms with Gasteiger partial charge in [-0.1, -0.05) is 45.0 Å². The fourth-order valence-electron chi connectivity index (χ4n) is 2.10. The molecule has 0 radical (unpaired) electrons. The van der Waals surface area contributed by atoms with Gasteiger partial charge in [-0.25, -0.2) is 0 Å². The Bertz CT molecular complexity index is 530. The minimum atomic E-state index is 0.150. The summed E-state index contributed by atoms with van der Waals surface area (Å²) in [5.41, 5.74) is 10.5. The van der Waals surface area contributed by atoms with E-state index in [1.165, 1.54) is 5.56 Å². The highest BCUT2D eigenvalue weighted by Crippen LogP contribution is 2.25. The van der Waals surface area contributed by atoms with Crippen molar-refractivity contribution in [3.05, 3.63) is 41.6 Å². The van der Waals surface area contributed by atoms with Gasteiger partial charge in [-0.2, -0.15) is 5.10 Å². The largest absolute Gasteiger partial charge is 0.328 e. The lowest BCUT2D eigenvalue weighted by atomic mass is 9.86. The molecular weight excluding hydrogens is 234 g/mol. The monoisotopic (exact) mass is 257 g/mol. The molecule has 1 heterocycles. The van der Waals surface area contributed by atoms with E-state index in [-0.39, 0.29) is 11.5 Å². The Kier molecular flexibility index (Phi) is 3.76. The number of rotatable bonds is 3. The fourth-order valence-corrected chi connectivity index (χ4v) is 2.10. The van der Waals surface area contributed by atoms with Crippen molar-refractivity contribution < 1.29 is 0 Å². The van der Waals surface area contributed by atoms with Crippen molar-refractivity contribution >= 4 is 0 Å². The van der Waals surface area contributed by atoms with E-state index in [4.69, 9.17) is 5.73 Å². The van der Waals surface area contributed by atoms with Gasteiger partial charge in [0, 0.05) is 23.7 Å². The van der Waals surface area contributed by atoms with Crippen LogP contribution in [-0.2, 0) is 11.8 Å². The lowest BCUT2D eigenvalue weighted by Crippen LogP contribution is -2.17. The van der Waals surface area contributed by atoms with Crippen LogP contribution in [-0.4, -0.2) is 16.2 Å². The molecule has 102 valence electrons. The van der Waals surface area contributed by atoms with Crippen LogP contribution >= 0.6 is 0 Å². The van der Waals surface area contributed by atoms with E-state index in [0.717, 1.165) is 23.4 Å². The van der Waals surface area contributed by atoms with E-state index >= 15 is 0 Å². The fraction of sp³-hybridized carbons (Fsp3) is 0.438. The topological polar surface area (TPSA) is 54.7 Å². The third-order valence-corrected chi connectivity index (χ3v) is 3.22. The van der Waals surface area contributed by atoms with Gasteiger partial charge in [0.25, 0.3) is 0 Å². The van der Waals surface area contributed by atoms with Crippen LogP contribution in [0.5, 0.6) is 0 Å². The van der Waals surface area contributed by atoms with Crippen molar-refractivity contribution in [2.45, 2.75) is 45.6 Å². The second-order valence-corrected chi connectivity index (χ2v) is 6.29. The molecule has 1 unspecified atom stereocenters. The Morgan fingerprint density at radius 1 is 1.21 bits per heavy atom. The molecule has 3 N–H and O–H groups in total. The molecule has 0 aliphatic heterocycles. The van der Waals surface area contributed by atoms with Gasteiger partial charge in [-0.05, 0) is 24.0 Å². The van der Waals surface area contributed by atoms with E-state index in [0.29, 0.717) is 0 Å². The summed E-state index contributed by atoms with van der Waals surface area (Å²) < 4.78 is 0. The first kappa shape index (κ1) is 13.8. The number of nitrogens with one attached hydrogen (secondary N) is 1. The molecule has 1 atom stereocenters. The maximum atomic E-state index is 5.79. The van der Waals surface area contributed by atoms with Gasteiger partial charge in [0.15, 0.2) is 0 Å². The standard InChI is InChI=1S/C16H23N3/c1-11(17)9-14-10-15(19-18-14)12-5-7-13(8-6-12)16(2,3)4/h5-8,10-11H,9,17H2,1-4H3,(H,18,19). The van der Waals surface area contributed by atoms with Crippen molar-refractivity contribution in [3.8, 4) is 11.3 Å². The van der Waals surface area contributed by atoms with E-state index in [9.17, 15) is 0 Å². The Hall–Kier alpha value is -1.61. The second kappa shape index (κ2) is 5.17. The quantitative estimate of drug-likeness (QED) is 0.886. The predicted molar refractivity (Wildman–Crippen MR) is 80.1 cm³/mol. The average Bonchev–Trinajstić information content (AvgIpc) is 2.75. The van der Waals surface area contributed by atoms with Gasteiger partial charge in [0.05, 0.1) is 5.69 Å². The van der Waals surface area contributed by atoms with Gasteiger partial charge in [0.1, 0.15) is 0 Å². The molecule has 3 heteroatoms. The van der Waals surface area contributed by atoms with E-state index < -0.39 is 0 Å². The number of hydrogen-bond acceptors (Lipinski definition) is 2. The molecule has 1 aromatic carbocycles. The highest BCUT2D eigenvalue weighted by molar-refractivity contribution is 5.60. The first-order valence-electron chi connectivity index (χ1n) is 6.77. The third-order valence-electron chi connectivity index (χ3n) is 3.22. The second-order valence-electron chi connectivity index (χ2n) is 6.29. The number of nitrogens with two attached hydrogens (primary N) is 1. The summed E-state index contributed by atoms with van der Waals surface area (Å²) in [6, 6.07) is 10.8. The summed E-state index contributed by atoms with van der Waals surface area (Å²) in [5, 5.41) is 7.40. The summed E-state index contributed by atoms with van der Waals surface area (Å²) in [5.74, 6) is 0. The Labute approximate surface area is 115 Å². The maximum absolute atomic E-state index is 5.79. The number of aromatic amines is 1. The lowest BCUT2D eigenvalue weighted by Gasteiger charge is -2.18. The van der Waals surface area contributed by atoms with Crippen molar-refractivity contribution in [3.63, 3.8) is 0 Å². The molecule has 0 fully saturated rings. The van der Waals surface area contributed by atoms with Crippen LogP contribution in [0.2, 0.25) is 0 Å². The predicted octanol–water partition coefficient (Wildman–Crippen LogP) is 3.26. The van der Waals surface area contributed by atoms with E-state index in [2.05, 4.69) is 61.3 Å². The summed E-state index contributed by atoms with van der Waals surface area (Å²) in [4.78, 5) is 0. The molecule has 2 aromatic rings. The normalized spacial score (nSPS) is 13.5. The average molecular weight is 257 g/mol. The minimum absolute atomic E-state index is 0.150. The van der Waals surface area contributed by atoms with Crippen LogP contribution in [0.4, 0.5) is 0 Å². The molecule has 19 heavy (non-hydrogen) atoms. The summed E-state index contributed by atoms with van der Waals surface area (Å²) >= 11 is 0. The third kappa shape index (κ3) is 3.44. The highest BCUT2D eigenvalue weighted by atomic mass is 15.1. The molecule has 0 saturated heterocycles. The van der Waals surface area contributed by atoms with Crippen LogP contribution in [0.25, 0.3) is 11.3 Å². The molecule has 0 saturated carbocycles. The Morgan fingerprint density at radius 2 is 1.84 bits per heavy atom. The van der Waals surface area contributed by atoms with Crippen molar-refractivity contribution in [1.82, 2.24) is 10.2 Å². The molecule has 2 rings (SSSR count). The first-order valence-corrected chi connectivity index (χ1v) is 6.77. The number of nitrogens with zero attached hydrogens (tertiary/aromatic N) is 1. The Balaban J connectivity index is 2.20. The molecule has 1 aromatic heterocycles. The number of hydrogen-bond donors (Lipinski definition) is 2. The Morgan fingerprint density at radius 3 is 2.37 bits per heavy atom. The summed E-state index contributed by atoms with van der Waals surface area (Å²) in [6.07, 6.45) is 0.826. The SMILES string of the molecule is CC(N)Cc1cc(-c2ccc(C(C)(C)C)cc2)n[nH]1. The van der Waals surface area contributed by atoms with Crippen LogP contribution in [0, 0.1) is 0 Å². The maximum Gasteiger partial charge on any atom is 0.0923 e. The summed E-state index contributed by atoms with van der Waals surface area (Å²) in [6.45, 7) is 8.66. The van der Waals surface area contributed by atoms with Crippen molar-refractivity contribution in [2.75, 3.05) is 0 Å². The molecule has 0 amide bonds. The highest BCUT2D eigenvalue weighted by Gasteiger charge is 2.13. The van der Waals surface area contributed by atoms with Gasteiger partial charge in [0.2, 0.25) is 0 Å². The van der Waals surface area contributed by atoms with Crippen LogP contribution in [0.1, 0.15) is 39.0 Å². The van der Waals surface area contributed by atoms with Gasteiger partial charge < -0.3 is 5.73 Å².